The second-order valence-electron chi connectivity index (χ2n) is 6.96. The van der Waals surface area contributed by atoms with Gasteiger partial charge in [-0.2, -0.15) is 5.10 Å². The Bertz CT molecular complexity index is 1190. The number of aromatic nitrogens is 3. The van der Waals surface area contributed by atoms with Crippen LogP contribution in [0.2, 0.25) is 0 Å². The first-order chi connectivity index (χ1) is 15.1. The number of aryl methyl sites for hydroxylation is 1. The second kappa shape index (κ2) is 9.13. The molecule has 4 rings (SSSR count). The van der Waals surface area contributed by atoms with Crippen molar-refractivity contribution in [2.24, 2.45) is 0 Å². The standard InChI is InChI=1S/C24H21N3O4/c1-17-22(26-24(31-17)20-5-3-2-4-6-20)16-30-21-10-7-18(8-11-21)14-27-15-19(13-25-27)9-12-23(28)29/h2-13,15H,14,16H2,1H3,(H,28,29). The highest BCUT2D eigenvalue weighted by Crippen LogP contribution is 2.23. The van der Waals surface area contributed by atoms with Crippen molar-refractivity contribution >= 4 is 12.0 Å². The Morgan fingerprint density at radius 1 is 1.16 bits per heavy atom. The molecule has 0 saturated heterocycles. The van der Waals surface area contributed by atoms with E-state index in [9.17, 15) is 4.79 Å². The van der Waals surface area contributed by atoms with Crippen molar-refractivity contribution in [3.63, 3.8) is 0 Å². The van der Waals surface area contributed by atoms with Crippen molar-refractivity contribution in [3.8, 4) is 17.2 Å². The Morgan fingerprint density at radius 2 is 1.94 bits per heavy atom. The summed E-state index contributed by atoms with van der Waals surface area (Å²) in [5, 5.41) is 12.9. The van der Waals surface area contributed by atoms with Crippen LogP contribution in [0.5, 0.6) is 5.75 Å². The predicted molar refractivity (Wildman–Crippen MR) is 115 cm³/mol. The SMILES string of the molecule is Cc1oc(-c2ccccc2)nc1COc1ccc(Cn2cc(C=CC(=O)O)cn2)cc1. The highest BCUT2D eigenvalue weighted by Gasteiger charge is 2.12. The fourth-order valence-electron chi connectivity index (χ4n) is 3.02. The molecular weight excluding hydrogens is 394 g/mol. The number of hydrogen-bond acceptors (Lipinski definition) is 5. The van der Waals surface area contributed by atoms with Gasteiger partial charge in [0, 0.05) is 23.4 Å². The third-order valence-corrected chi connectivity index (χ3v) is 4.63. The minimum atomic E-state index is -0.986. The fourth-order valence-corrected chi connectivity index (χ4v) is 3.02. The third kappa shape index (κ3) is 5.27. The number of rotatable bonds is 8. The smallest absolute Gasteiger partial charge is 0.328 e. The van der Waals surface area contributed by atoms with E-state index in [1.165, 1.54) is 6.08 Å². The number of ether oxygens (including phenoxy) is 1. The van der Waals surface area contributed by atoms with Crippen LogP contribution in [-0.2, 0) is 17.9 Å². The molecule has 0 aliphatic heterocycles. The minimum Gasteiger partial charge on any atom is -0.487 e. The summed E-state index contributed by atoms with van der Waals surface area (Å²) < 4.78 is 13.4. The van der Waals surface area contributed by atoms with Crippen LogP contribution in [-0.4, -0.2) is 25.8 Å². The number of benzene rings is 2. The summed E-state index contributed by atoms with van der Waals surface area (Å²) >= 11 is 0. The molecule has 0 aliphatic rings. The van der Waals surface area contributed by atoms with Gasteiger partial charge in [-0.15, -0.1) is 0 Å². The summed E-state index contributed by atoms with van der Waals surface area (Å²) in [5.41, 5.74) is 3.48. The molecule has 4 aromatic rings. The molecule has 7 heteroatoms. The number of hydrogen-bond donors (Lipinski definition) is 1. The lowest BCUT2D eigenvalue weighted by Crippen LogP contribution is -2.01. The lowest BCUT2D eigenvalue weighted by atomic mass is 10.2. The van der Waals surface area contributed by atoms with Gasteiger partial charge in [0.05, 0.1) is 12.7 Å². The van der Waals surface area contributed by atoms with Crippen LogP contribution in [0.15, 0.2) is 77.5 Å². The molecule has 2 heterocycles. The molecule has 0 radical (unpaired) electrons. The number of aliphatic carboxylic acids is 1. The van der Waals surface area contributed by atoms with Crippen LogP contribution in [0.3, 0.4) is 0 Å². The molecule has 0 amide bonds. The minimum absolute atomic E-state index is 0.319. The maximum absolute atomic E-state index is 10.6. The van der Waals surface area contributed by atoms with E-state index in [0.29, 0.717) is 19.0 Å². The van der Waals surface area contributed by atoms with E-state index in [2.05, 4.69) is 10.1 Å². The summed E-state index contributed by atoms with van der Waals surface area (Å²) in [4.78, 5) is 15.1. The zero-order valence-corrected chi connectivity index (χ0v) is 16.9. The lowest BCUT2D eigenvalue weighted by molar-refractivity contribution is -0.131. The molecule has 0 bridgehead atoms. The van der Waals surface area contributed by atoms with Crippen LogP contribution in [0.25, 0.3) is 17.5 Å². The molecule has 0 unspecified atom stereocenters. The van der Waals surface area contributed by atoms with Crippen LogP contribution in [0.4, 0.5) is 0 Å². The molecule has 2 aromatic heterocycles. The summed E-state index contributed by atoms with van der Waals surface area (Å²) in [5.74, 6) is 1.07. The Kier molecular flexibility index (Phi) is 5.93. The third-order valence-electron chi connectivity index (χ3n) is 4.63. The monoisotopic (exact) mass is 415 g/mol. The van der Waals surface area contributed by atoms with Crippen molar-refractivity contribution in [2.45, 2.75) is 20.1 Å². The van der Waals surface area contributed by atoms with Gasteiger partial charge in [-0.25, -0.2) is 9.78 Å². The summed E-state index contributed by atoms with van der Waals surface area (Å²) in [7, 11) is 0. The molecule has 1 N–H and O–H groups in total. The van der Waals surface area contributed by atoms with E-state index in [1.54, 1.807) is 17.1 Å². The number of oxazole rings is 1. The van der Waals surface area contributed by atoms with Gasteiger partial charge in [0.25, 0.3) is 0 Å². The molecule has 0 fully saturated rings. The van der Waals surface area contributed by atoms with E-state index in [0.717, 1.165) is 40.0 Å². The molecule has 7 nitrogen and oxygen atoms in total. The molecule has 0 spiro atoms. The Balaban J connectivity index is 1.35. The maximum atomic E-state index is 10.6. The quantitative estimate of drug-likeness (QED) is 0.424. The first-order valence-electron chi connectivity index (χ1n) is 9.74. The Hall–Kier alpha value is -4.13. The second-order valence-corrected chi connectivity index (χ2v) is 6.96. The van der Waals surface area contributed by atoms with E-state index in [-0.39, 0.29) is 0 Å². The number of carboxylic acids is 1. The predicted octanol–water partition coefficient (Wildman–Crippen LogP) is 4.57. The zero-order chi connectivity index (χ0) is 21.6. The van der Waals surface area contributed by atoms with Gasteiger partial charge < -0.3 is 14.3 Å². The molecule has 156 valence electrons. The first kappa shape index (κ1) is 20.2. The average Bonchev–Trinajstić information content (AvgIpc) is 3.38. The van der Waals surface area contributed by atoms with Crippen molar-refractivity contribution in [2.75, 3.05) is 0 Å². The van der Waals surface area contributed by atoms with Crippen molar-refractivity contribution in [1.82, 2.24) is 14.8 Å². The molecule has 0 saturated carbocycles. The lowest BCUT2D eigenvalue weighted by Gasteiger charge is -2.06. The van der Waals surface area contributed by atoms with E-state index >= 15 is 0 Å². The highest BCUT2D eigenvalue weighted by molar-refractivity contribution is 5.85. The molecule has 2 aromatic carbocycles. The highest BCUT2D eigenvalue weighted by atomic mass is 16.5. The summed E-state index contributed by atoms with van der Waals surface area (Å²) in [6.07, 6.45) is 6.02. The van der Waals surface area contributed by atoms with Crippen molar-refractivity contribution < 1.29 is 19.1 Å². The number of nitrogens with zero attached hydrogens (tertiary/aromatic N) is 3. The average molecular weight is 415 g/mol. The van der Waals surface area contributed by atoms with Gasteiger partial charge in [-0.3, -0.25) is 4.68 Å². The number of carbonyl (C=O) groups is 1. The van der Waals surface area contributed by atoms with Crippen LogP contribution in [0.1, 0.15) is 22.6 Å². The van der Waals surface area contributed by atoms with E-state index in [4.69, 9.17) is 14.3 Å². The molecule has 0 aliphatic carbocycles. The van der Waals surface area contributed by atoms with Gasteiger partial charge in [0.15, 0.2) is 0 Å². The van der Waals surface area contributed by atoms with E-state index < -0.39 is 5.97 Å². The maximum Gasteiger partial charge on any atom is 0.328 e. The largest absolute Gasteiger partial charge is 0.487 e. The number of carboxylic acid groups (broad SMARTS) is 1. The summed E-state index contributed by atoms with van der Waals surface area (Å²) in [6, 6.07) is 17.5. The van der Waals surface area contributed by atoms with Crippen molar-refractivity contribution in [1.29, 1.82) is 0 Å². The normalized spacial score (nSPS) is 11.1. The van der Waals surface area contributed by atoms with Gasteiger partial charge >= 0.3 is 5.97 Å². The fraction of sp³-hybridized carbons (Fsp3) is 0.125. The van der Waals surface area contributed by atoms with Crippen LogP contribution in [0, 0.1) is 6.92 Å². The van der Waals surface area contributed by atoms with Crippen LogP contribution >= 0.6 is 0 Å². The van der Waals surface area contributed by atoms with Gasteiger partial charge in [-0.05, 0) is 42.8 Å². The zero-order valence-electron chi connectivity index (χ0n) is 16.9. The Labute approximate surface area is 179 Å². The van der Waals surface area contributed by atoms with E-state index in [1.807, 2.05) is 61.5 Å². The topological polar surface area (TPSA) is 90.4 Å². The van der Waals surface area contributed by atoms with Gasteiger partial charge in [-0.1, -0.05) is 30.3 Å². The van der Waals surface area contributed by atoms with Crippen molar-refractivity contribution in [3.05, 3.63) is 95.6 Å². The summed E-state index contributed by atoms with van der Waals surface area (Å²) in [6.45, 7) is 2.77. The van der Waals surface area contributed by atoms with Crippen LogP contribution < -0.4 is 4.74 Å². The molecule has 31 heavy (non-hydrogen) atoms. The van der Waals surface area contributed by atoms with Gasteiger partial charge in [0.1, 0.15) is 23.8 Å². The molecular formula is C24H21N3O4. The van der Waals surface area contributed by atoms with Gasteiger partial charge in [0.2, 0.25) is 5.89 Å². The Morgan fingerprint density at radius 3 is 2.68 bits per heavy atom. The molecule has 0 atom stereocenters. The first-order valence-corrected chi connectivity index (χ1v) is 9.74.